The van der Waals surface area contributed by atoms with Crippen LogP contribution >= 0.6 is 11.3 Å². The number of aromatic nitrogens is 2. The van der Waals surface area contributed by atoms with Gasteiger partial charge in [-0.25, -0.2) is 22.7 Å². The summed E-state index contributed by atoms with van der Waals surface area (Å²) in [5.74, 6) is 0.304. The van der Waals surface area contributed by atoms with Crippen molar-refractivity contribution in [2.24, 2.45) is 0 Å². The van der Waals surface area contributed by atoms with Crippen molar-refractivity contribution in [1.82, 2.24) is 9.97 Å². The summed E-state index contributed by atoms with van der Waals surface area (Å²) in [7, 11) is -3.79. The van der Waals surface area contributed by atoms with Crippen LogP contribution in [0.15, 0.2) is 58.7 Å². The van der Waals surface area contributed by atoms with Crippen LogP contribution in [0.1, 0.15) is 17.4 Å². The highest BCUT2D eigenvalue weighted by molar-refractivity contribution is 7.93. The minimum atomic E-state index is -3.79. The molecule has 0 aliphatic carbocycles. The van der Waals surface area contributed by atoms with Crippen molar-refractivity contribution >= 4 is 44.8 Å². The number of sulfonamides is 1. The van der Waals surface area contributed by atoms with Crippen LogP contribution in [0.2, 0.25) is 0 Å². The Labute approximate surface area is 172 Å². The van der Waals surface area contributed by atoms with E-state index in [-0.39, 0.29) is 22.1 Å². The Balaban J connectivity index is 1.82. The first kappa shape index (κ1) is 18.9. The van der Waals surface area contributed by atoms with Gasteiger partial charge >= 0.3 is 0 Å². The molecule has 2 aromatic heterocycles. The maximum absolute atomic E-state index is 13.4. The van der Waals surface area contributed by atoms with Crippen molar-refractivity contribution in [2.75, 3.05) is 15.4 Å². The Hall–Kier alpha value is -3.42. The van der Waals surface area contributed by atoms with E-state index in [4.69, 9.17) is 5.73 Å². The average molecular weight is 425 g/mol. The maximum atomic E-state index is 13.4. The number of nitrogens with zero attached hydrogens (tertiary/aromatic N) is 4. The normalized spacial score (nSPS) is 15.7. The fraction of sp³-hybridized carbons (Fsp3) is 0.105. The minimum absolute atomic E-state index is 0.0582. The van der Waals surface area contributed by atoms with E-state index >= 15 is 0 Å². The summed E-state index contributed by atoms with van der Waals surface area (Å²) in [5, 5.41) is 14.2. The number of nitriles is 1. The zero-order valence-electron chi connectivity index (χ0n) is 15.3. The number of nitrogen functional groups attached to an aromatic ring is 1. The van der Waals surface area contributed by atoms with Crippen molar-refractivity contribution in [3.63, 3.8) is 0 Å². The van der Waals surface area contributed by atoms with Gasteiger partial charge in [-0.15, -0.1) is 11.3 Å². The molecule has 0 saturated carbocycles. The Morgan fingerprint density at radius 3 is 2.72 bits per heavy atom. The Kier molecular flexibility index (Phi) is 4.70. The monoisotopic (exact) mass is 424 g/mol. The predicted molar refractivity (Wildman–Crippen MR) is 113 cm³/mol. The van der Waals surface area contributed by atoms with Crippen LogP contribution in [0.25, 0.3) is 6.08 Å². The van der Waals surface area contributed by atoms with Gasteiger partial charge in [0, 0.05) is 4.88 Å². The summed E-state index contributed by atoms with van der Waals surface area (Å²) >= 11 is 1.35. The zero-order chi connectivity index (χ0) is 20.6. The fourth-order valence-electron chi connectivity index (χ4n) is 3.11. The molecule has 3 aromatic rings. The standard InChI is InChI=1S/C19H16N6O2S2/c1-12(24-19-14(10-20)18(21)22-11-23-19)15-9-16-17(7-8-28-16)29(26,27)25(15)13-5-3-2-4-6-13/h2-9,11-12H,1H3,(H3,21,22,23,24). The number of hydrogen-bond donors (Lipinski definition) is 2. The molecule has 1 aliphatic heterocycles. The zero-order valence-corrected chi connectivity index (χ0v) is 16.9. The lowest BCUT2D eigenvalue weighted by Gasteiger charge is -2.33. The predicted octanol–water partition coefficient (Wildman–Crippen LogP) is 3.04. The molecule has 0 radical (unpaired) electrons. The number of hydrogen-bond acceptors (Lipinski definition) is 8. The van der Waals surface area contributed by atoms with Crippen LogP contribution in [0.4, 0.5) is 17.3 Å². The molecule has 4 rings (SSSR count). The SMILES string of the molecule is CC(Nc1ncnc(N)c1C#N)C1=Cc2sccc2S(=O)(=O)N1c1ccccc1. The summed E-state index contributed by atoms with van der Waals surface area (Å²) < 4.78 is 28.1. The number of nitrogens with one attached hydrogen (secondary N) is 1. The van der Waals surface area contributed by atoms with Crippen molar-refractivity contribution in [3.05, 3.63) is 64.2 Å². The lowest BCUT2D eigenvalue weighted by atomic mass is 10.1. The summed E-state index contributed by atoms with van der Waals surface area (Å²) in [6.45, 7) is 1.80. The molecular formula is C19H16N6O2S2. The smallest absolute Gasteiger partial charge is 0.269 e. The molecule has 3 N–H and O–H groups in total. The third-order valence-electron chi connectivity index (χ3n) is 4.47. The summed E-state index contributed by atoms with van der Waals surface area (Å²) in [5.41, 5.74) is 6.90. The van der Waals surface area contributed by atoms with E-state index in [0.29, 0.717) is 16.3 Å². The molecule has 0 amide bonds. The molecule has 1 atom stereocenters. The van der Waals surface area contributed by atoms with Gasteiger partial charge in [0.2, 0.25) is 0 Å². The Morgan fingerprint density at radius 2 is 2.00 bits per heavy atom. The van der Waals surface area contributed by atoms with Crippen LogP contribution in [0, 0.1) is 11.3 Å². The van der Waals surface area contributed by atoms with Crippen LogP contribution in [0.5, 0.6) is 0 Å². The molecule has 1 unspecified atom stereocenters. The molecule has 0 bridgehead atoms. The van der Waals surface area contributed by atoms with Crippen molar-refractivity contribution in [2.45, 2.75) is 17.9 Å². The first-order chi connectivity index (χ1) is 13.9. The molecule has 10 heteroatoms. The van der Waals surface area contributed by atoms with Gasteiger partial charge in [0.05, 0.1) is 17.4 Å². The van der Waals surface area contributed by atoms with E-state index in [0.717, 1.165) is 0 Å². The third-order valence-corrected chi connectivity index (χ3v) is 7.27. The van der Waals surface area contributed by atoms with E-state index in [2.05, 4.69) is 15.3 Å². The number of thiophene rings is 1. The summed E-state index contributed by atoms with van der Waals surface area (Å²) in [4.78, 5) is 8.85. The Morgan fingerprint density at radius 1 is 1.24 bits per heavy atom. The lowest BCUT2D eigenvalue weighted by Crippen LogP contribution is -2.39. The first-order valence-corrected chi connectivity index (χ1v) is 10.9. The number of rotatable bonds is 4. The average Bonchev–Trinajstić information content (AvgIpc) is 3.18. The maximum Gasteiger partial charge on any atom is 0.269 e. The highest BCUT2D eigenvalue weighted by Gasteiger charge is 2.36. The minimum Gasteiger partial charge on any atom is -0.382 e. The second kappa shape index (κ2) is 7.20. The van der Waals surface area contributed by atoms with Crippen LogP contribution in [0.3, 0.4) is 0 Å². The molecule has 8 nitrogen and oxygen atoms in total. The van der Waals surface area contributed by atoms with E-state index in [1.165, 1.54) is 22.0 Å². The van der Waals surface area contributed by atoms with Crippen LogP contribution < -0.4 is 15.4 Å². The molecule has 0 saturated heterocycles. The van der Waals surface area contributed by atoms with Gasteiger partial charge in [-0.1, -0.05) is 18.2 Å². The topological polar surface area (TPSA) is 125 Å². The molecule has 1 aromatic carbocycles. The molecule has 1 aliphatic rings. The lowest BCUT2D eigenvalue weighted by molar-refractivity contribution is 0.592. The number of benzene rings is 1. The molecule has 29 heavy (non-hydrogen) atoms. The van der Waals surface area contributed by atoms with Gasteiger partial charge < -0.3 is 11.1 Å². The van der Waals surface area contributed by atoms with Crippen molar-refractivity contribution in [1.29, 1.82) is 5.26 Å². The fourth-order valence-corrected chi connectivity index (χ4v) is 6.02. The van der Waals surface area contributed by atoms with Crippen LogP contribution in [-0.4, -0.2) is 24.4 Å². The van der Waals surface area contributed by atoms with Gasteiger partial charge in [-0.2, -0.15) is 5.26 Å². The van der Waals surface area contributed by atoms with Gasteiger partial charge in [0.1, 0.15) is 34.5 Å². The second-order valence-corrected chi connectivity index (χ2v) is 8.99. The quantitative estimate of drug-likeness (QED) is 0.659. The summed E-state index contributed by atoms with van der Waals surface area (Å²) in [6, 6.07) is 11.9. The van der Waals surface area contributed by atoms with Gasteiger partial charge in [-0.05, 0) is 36.6 Å². The first-order valence-electron chi connectivity index (χ1n) is 8.60. The molecule has 146 valence electrons. The van der Waals surface area contributed by atoms with Gasteiger partial charge in [0.15, 0.2) is 0 Å². The highest BCUT2D eigenvalue weighted by Crippen LogP contribution is 2.39. The third kappa shape index (κ3) is 3.20. The van der Waals surface area contributed by atoms with Gasteiger partial charge in [0.25, 0.3) is 10.0 Å². The van der Waals surface area contributed by atoms with E-state index in [1.54, 1.807) is 42.6 Å². The number of nitrogens with two attached hydrogens (primary N) is 1. The molecule has 3 heterocycles. The van der Waals surface area contributed by atoms with Gasteiger partial charge in [-0.3, -0.25) is 0 Å². The van der Waals surface area contributed by atoms with Crippen molar-refractivity contribution in [3.8, 4) is 6.07 Å². The highest BCUT2D eigenvalue weighted by atomic mass is 32.2. The molecule has 0 spiro atoms. The molecule has 0 fully saturated rings. The molecular weight excluding hydrogens is 408 g/mol. The summed E-state index contributed by atoms with van der Waals surface area (Å²) in [6.07, 6.45) is 3.09. The van der Waals surface area contributed by atoms with Crippen molar-refractivity contribution < 1.29 is 8.42 Å². The van der Waals surface area contributed by atoms with E-state index in [1.807, 2.05) is 18.2 Å². The number of fused-ring (bicyclic) bond motifs is 1. The number of para-hydroxylation sites is 1. The largest absolute Gasteiger partial charge is 0.382 e. The van der Waals surface area contributed by atoms with Crippen LogP contribution in [-0.2, 0) is 10.0 Å². The number of anilines is 3. The Bertz CT molecular complexity index is 1250. The van der Waals surface area contributed by atoms with E-state index in [9.17, 15) is 13.7 Å². The van der Waals surface area contributed by atoms with E-state index < -0.39 is 16.1 Å². The second-order valence-electron chi connectivity index (χ2n) is 6.28.